The second-order valence-corrected chi connectivity index (χ2v) is 4.12. The van der Waals surface area contributed by atoms with Crippen LogP contribution in [0.5, 0.6) is 0 Å². The van der Waals surface area contributed by atoms with Gasteiger partial charge in [-0.3, -0.25) is 4.79 Å². The van der Waals surface area contributed by atoms with Gasteiger partial charge in [-0.05, 0) is 5.56 Å². The summed E-state index contributed by atoms with van der Waals surface area (Å²) in [5.41, 5.74) is 1.81. The number of benzene rings is 2. The lowest BCUT2D eigenvalue weighted by Crippen LogP contribution is -2.08. The van der Waals surface area contributed by atoms with E-state index in [1.54, 1.807) is 12.1 Å². The van der Waals surface area contributed by atoms with E-state index in [1.807, 2.05) is 60.7 Å². The normalized spacial score (nSPS) is 10.7. The van der Waals surface area contributed by atoms with E-state index >= 15 is 0 Å². The van der Waals surface area contributed by atoms with Crippen molar-refractivity contribution in [2.24, 2.45) is 0 Å². The van der Waals surface area contributed by atoms with Gasteiger partial charge in [0, 0.05) is 5.56 Å². The van der Waals surface area contributed by atoms with E-state index in [0.717, 1.165) is 5.56 Å². The van der Waals surface area contributed by atoms with Gasteiger partial charge in [-0.25, -0.2) is 0 Å². The fourth-order valence-corrected chi connectivity index (χ4v) is 1.68. The quantitative estimate of drug-likeness (QED) is 0.580. The van der Waals surface area contributed by atoms with E-state index in [0.29, 0.717) is 12.2 Å². The first-order valence-electron chi connectivity index (χ1n) is 6.24. The van der Waals surface area contributed by atoms with Crippen molar-refractivity contribution in [3.05, 3.63) is 77.9 Å². The summed E-state index contributed by atoms with van der Waals surface area (Å²) in [6.07, 6.45) is 3.89. The monoisotopic (exact) mass is 252 g/mol. The van der Waals surface area contributed by atoms with Crippen molar-refractivity contribution in [1.29, 1.82) is 0 Å². The standard InChI is InChI=1S/C17H16O2/c18-17(16-11-5-2-6-12-16)14-19-13-7-10-15-8-3-1-4-9-15/h1-12H,13-14H2. The highest BCUT2D eigenvalue weighted by Gasteiger charge is 2.03. The molecule has 0 spiro atoms. The van der Waals surface area contributed by atoms with Crippen LogP contribution >= 0.6 is 0 Å². The zero-order valence-corrected chi connectivity index (χ0v) is 10.7. The maximum absolute atomic E-state index is 11.7. The molecule has 0 aliphatic carbocycles. The number of carbonyl (C=O) groups excluding carboxylic acids is 1. The predicted octanol–water partition coefficient (Wildman–Crippen LogP) is 3.60. The fraction of sp³-hybridized carbons (Fsp3) is 0.118. The van der Waals surface area contributed by atoms with Gasteiger partial charge in [0.05, 0.1) is 6.61 Å². The van der Waals surface area contributed by atoms with Crippen LogP contribution in [0.1, 0.15) is 15.9 Å². The van der Waals surface area contributed by atoms with Crippen LogP contribution in [0.15, 0.2) is 66.7 Å². The molecule has 0 unspecified atom stereocenters. The molecule has 2 rings (SSSR count). The Kier molecular flexibility index (Phi) is 5.08. The second-order valence-electron chi connectivity index (χ2n) is 4.12. The summed E-state index contributed by atoms with van der Waals surface area (Å²) < 4.78 is 5.34. The van der Waals surface area contributed by atoms with E-state index in [-0.39, 0.29) is 12.4 Å². The van der Waals surface area contributed by atoms with Crippen molar-refractivity contribution >= 4 is 11.9 Å². The van der Waals surface area contributed by atoms with Gasteiger partial charge in [0.1, 0.15) is 6.61 Å². The molecule has 0 aliphatic rings. The molecule has 0 N–H and O–H groups in total. The zero-order valence-electron chi connectivity index (χ0n) is 10.7. The van der Waals surface area contributed by atoms with Crippen LogP contribution in [0.4, 0.5) is 0 Å². The number of ketones is 1. The van der Waals surface area contributed by atoms with E-state index in [9.17, 15) is 4.79 Å². The lowest BCUT2D eigenvalue weighted by atomic mass is 10.1. The van der Waals surface area contributed by atoms with Crippen molar-refractivity contribution in [1.82, 2.24) is 0 Å². The molecule has 0 fully saturated rings. The van der Waals surface area contributed by atoms with E-state index in [4.69, 9.17) is 4.74 Å². The Bertz CT molecular complexity index is 530. The molecular formula is C17H16O2. The molecule has 2 nitrogen and oxygen atoms in total. The van der Waals surface area contributed by atoms with E-state index in [2.05, 4.69) is 0 Å². The van der Waals surface area contributed by atoms with Gasteiger partial charge < -0.3 is 4.74 Å². The third kappa shape index (κ3) is 4.53. The highest BCUT2D eigenvalue weighted by atomic mass is 16.5. The van der Waals surface area contributed by atoms with Crippen LogP contribution in [0.3, 0.4) is 0 Å². The largest absolute Gasteiger partial charge is 0.369 e. The summed E-state index contributed by atoms with van der Waals surface area (Å²) in [7, 11) is 0. The topological polar surface area (TPSA) is 26.3 Å². The molecule has 0 saturated heterocycles. The molecule has 0 aromatic heterocycles. The van der Waals surface area contributed by atoms with Gasteiger partial charge in [0.15, 0.2) is 5.78 Å². The molecular weight excluding hydrogens is 236 g/mol. The Morgan fingerprint density at radius 1 is 0.947 bits per heavy atom. The molecule has 2 aromatic rings. The number of Topliss-reactive ketones (excluding diaryl/α,β-unsaturated/α-hetero) is 1. The molecule has 0 amide bonds. The summed E-state index contributed by atoms with van der Waals surface area (Å²) in [6, 6.07) is 19.2. The zero-order chi connectivity index (χ0) is 13.3. The fourth-order valence-electron chi connectivity index (χ4n) is 1.68. The smallest absolute Gasteiger partial charge is 0.188 e. The van der Waals surface area contributed by atoms with Gasteiger partial charge in [0.25, 0.3) is 0 Å². The van der Waals surface area contributed by atoms with Crippen LogP contribution in [0.25, 0.3) is 6.08 Å². The summed E-state index contributed by atoms with van der Waals surface area (Å²) in [5.74, 6) is 0.00807. The van der Waals surface area contributed by atoms with E-state index in [1.165, 1.54) is 0 Å². The lowest BCUT2D eigenvalue weighted by molar-refractivity contribution is 0.0806. The molecule has 0 heterocycles. The molecule has 0 aliphatic heterocycles. The predicted molar refractivity (Wildman–Crippen MR) is 77.1 cm³/mol. The molecule has 0 radical (unpaired) electrons. The van der Waals surface area contributed by atoms with Gasteiger partial charge in [0.2, 0.25) is 0 Å². The molecule has 2 heteroatoms. The molecule has 96 valence electrons. The second kappa shape index (κ2) is 7.29. The number of carbonyl (C=O) groups is 1. The molecule has 0 bridgehead atoms. The molecule has 0 saturated carbocycles. The highest BCUT2D eigenvalue weighted by Crippen LogP contribution is 2.02. The molecule has 0 atom stereocenters. The molecule has 2 aromatic carbocycles. The van der Waals surface area contributed by atoms with Crippen LogP contribution in [0, 0.1) is 0 Å². The van der Waals surface area contributed by atoms with Crippen molar-refractivity contribution in [2.45, 2.75) is 0 Å². The van der Waals surface area contributed by atoms with Crippen molar-refractivity contribution in [2.75, 3.05) is 13.2 Å². The number of rotatable bonds is 6. The minimum atomic E-state index is 0.00807. The summed E-state index contributed by atoms with van der Waals surface area (Å²) >= 11 is 0. The first kappa shape index (κ1) is 13.2. The highest BCUT2D eigenvalue weighted by molar-refractivity contribution is 5.96. The van der Waals surface area contributed by atoms with Gasteiger partial charge >= 0.3 is 0 Å². The average molecular weight is 252 g/mol. The Morgan fingerprint density at radius 3 is 2.26 bits per heavy atom. The minimum absolute atomic E-state index is 0.00807. The SMILES string of the molecule is O=C(COCC=Cc1ccccc1)c1ccccc1. The minimum Gasteiger partial charge on any atom is -0.369 e. The van der Waals surface area contributed by atoms with Crippen LogP contribution in [0.2, 0.25) is 0 Å². The van der Waals surface area contributed by atoms with E-state index < -0.39 is 0 Å². The number of ether oxygens (including phenoxy) is 1. The first-order valence-corrected chi connectivity index (χ1v) is 6.24. The third-order valence-corrected chi connectivity index (χ3v) is 2.65. The van der Waals surface area contributed by atoms with Crippen LogP contribution < -0.4 is 0 Å². The van der Waals surface area contributed by atoms with Gasteiger partial charge in [-0.2, -0.15) is 0 Å². The summed E-state index contributed by atoms with van der Waals surface area (Å²) in [5, 5.41) is 0. The van der Waals surface area contributed by atoms with Crippen LogP contribution in [-0.2, 0) is 4.74 Å². The van der Waals surface area contributed by atoms with Crippen LogP contribution in [-0.4, -0.2) is 19.0 Å². The Balaban J connectivity index is 1.73. The average Bonchev–Trinajstić information content (AvgIpc) is 2.49. The Labute approximate surface area is 113 Å². The van der Waals surface area contributed by atoms with Gasteiger partial charge in [-0.1, -0.05) is 72.8 Å². The summed E-state index contributed by atoms with van der Waals surface area (Å²) in [4.78, 5) is 11.7. The van der Waals surface area contributed by atoms with Crippen molar-refractivity contribution in [3.63, 3.8) is 0 Å². The number of hydrogen-bond donors (Lipinski definition) is 0. The maximum Gasteiger partial charge on any atom is 0.188 e. The third-order valence-electron chi connectivity index (χ3n) is 2.65. The number of hydrogen-bond acceptors (Lipinski definition) is 2. The van der Waals surface area contributed by atoms with Gasteiger partial charge in [-0.15, -0.1) is 0 Å². The molecule has 19 heavy (non-hydrogen) atoms. The first-order chi connectivity index (χ1) is 9.36. The Morgan fingerprint density at radius 2 is 1.58 bits per heavy atom. The van der Waals surface area contributed by atoms with Crippen molar-refractivity contribution < 1.29 is 9.53 Å². The lowest BCUT2D eigenvalue weighted by Gasteiger charge is -2.00. The Hall–Kier alpha value is -2.19. The van der Waals surface area contributed by atoms with Crippen molar-refractivity contribution in [3.8, 4) is 0 Å². The maximum atomic E-state index is 11.7. The summed E-state index contributed by atoms with van der Waals surface area (Å²) in [6.45, 7) is 0.552.